The van der Waals surface area contributed by atoms with Crippen LogP contribution in [0, 0.1) is 5.92 Å². The van der Waals surface area contributed by atoms with Gasteiger partial charge in [-0.2, -0.15) is 0 Å². The fourth-order valence-corrected chi connectivity index (χ4v) is 2.48. The van der Waals surface area contributed by atoms with Crippen molar-refractivity contribution in [1.29, 1.82) is 0 Å². The van der Waals surface area contributed by atoms with E-state index < -0.39 is 6.04 Å². The van der Waals surface area contributed by atoms with E-state index in [-0.39, 0.29) is 30.2 Å². The number of urea groups is 1. The predicted octanol–water partition coefficient (Wildman–Crippen LogP) is 0.816. The van der Waals surface area contributed by atoms with Crippen molar-refractivity contribution in [2.75, 3.05) is 13.1 Å². The minimum Gasteiger partial charge on any atom is -0.344 e. The number of carbonyl (C=O) groups is 3. The number of rotatable bonds is 6. The van der Waals surface area contributed by atoms with Crippen molar-refractivity contribution in [2.45, 2.75) is 32.7 Å². The second-order valence-corrected chi connectivity index (χ2v) is 6.16. The van der Waals surface area contributed by atoms with Gasteiger partial charge in [0.05, 0.1) is 6.42 Å². The zero-order valence-corrected chi connectivity index (χ0v) is 14.0. The number of nitrogens with zero attached hydrogens (tertiary/aromatic N) is 1. The van der Waals surface area contributed by atoms with Crippen LogP contribution in [-0.2, 0) is 16.0 Å². The summed E-state index contributed by atoms with van der Waals surface area (Å²) < 4.78 is 0. The van der Waals surface area contributed by atoms with E-state index in [4.69, 9.17) is 0 Å². The summed E-state index contributed by atoms with van der Waals surface area (Å²) in [5.41, 5.74) is 3.47. The van der Waals surface area contributed by atoms with Crippen LogP contribution < -0.4 is 16.1 Å². The Kier molecular flexibility index (Phi) is 6.17. The lowest BCUT2D eigenvalue weighted by atomic mass is 10.0. The van der Waals surface area contributed by atoms with E-state index in [1.807, 2.05) is 44.2 Å². The van der Waals surface area contributed by atoms with Crippen LogP contribution in [0.1, 0.15) is 25.8 Å². The first-order valence-corrected chi connectivity index (χ1v) is 8.16. The van der Waals surface area contributed by atoms with E-state index in [0.717, 1.165) is 12.0 Å². The molecule has 1 aliphatic heterocycles. The molecule has 1 heterocycles. The van der Waals surface area contributed by atoms with Crippen LogP contribution in [0.5, 0.6) is 0 Å². The summed E-state index contributed by atoms with van der Waals surface area (Å²) in [6.45, 7) is 4.76. The zero-order chi connectivity index (χ0) is 17.5. The molecule has 1 atom stereocenters. The average Bonchev–Trinajstić information content (AvgIpc) is 2.55. The summed E-state index contributed by atoms with van der Waals surface area (Å²) in [6.07, 6.45) is 0.972. The van der Waals surface area contributed by atoms with Gasteiger partial charge in [0.25, 0.3) is 5.91 Å². The Morgan fingerprint density at radius 1 is 1.25 bits per heavy atom. The third-order valence-corrected chi connectivity index (χ3v) is 3.80. The first-order chi connectivity index (χ1) is 11.5. The molecule has 0 aromatic heterocycles. The zero-order valence-electron chi connectivity index (χ0n) is 14.0. The molecular formula is C17H24N4O3. The van der Waals surface area contributed by atoms with Gasteiger partial charge in [0.2, 0.25) is 5.91 Å². The summed E-state index contributed by atoms with van der Waals surface area (Å²) in [6, 6.07) is 8.32. The molecule has 2 rings (SSSR count). The van der Waals surface area contributed by atoms with Crippen LogP contribution in [0.2, 0.25) is 0 Å². The van der Waals surface area contributed by atoms with Gasteiger partial charge in [-0.25, -0.2) is 9.80 Å². The smallest absolute Gasteiger partial charge is 0.336 e. The molecule has 1 fully saturated rings. The number of hydrogen-bond acceptors (Lipinski definition) is 3. The molecule has 0 unspecified atom stereocenters. The van der Waals surface area contributed by atoms with E-state index in [2.05, 4.69) is 16.1 Å². The summed E-state index contributed by atoms with van der Waals surface area (Å²) in [5.74, 6) is -0.709. The molecule has 7 heteroatoms. The molecule has 1 saturated heterocycles. The standard InChI is InChI=1S/C17H24N4O3/c1-12(2)15(16(23)20-21-10-6-9-18-17(21)24)19-14(22)11-13-7-4-3-5-8-13/h3-5,7-8,12,15H,6,9-11H2,1-2H3,(H,18,24)(H,19,22)(H,20,23)/t15-/m0/s1. The van der Waals surface area contributed by atoms with Gasteiger partial charge in [0.1, 0.15) is 6.04 Å². The number of carbonyl (C=O) groups excluding carboxylic acids is 3. The second-order valence-electron chi connectivity index (χ2n) is 6.16. The summed E-state index contributed by atoms with van der Waals surface area (Å²) in [5, 5.41) is 6.68. The Labute approximate surface area is 141 Å². The fraction of sp³-hybridized carbons (Fsp3) is 0.471. The van der Waals surface area contributed by atoms with Crippen molar-refractivity contribution in [2.24, 2.45) is 5.92 Å². The molecule has 0 aliphatic carbocycles. The third kappa shape index (κ3) is 4.97. The molecular weight excluding hydrogens is 308 g/mol. The highest BCUT2D eigenvalue weighted by Gasteiger charge is 2.28. The number of amides is 4. The van der Waals surface area contributed by atoms with Gasteiger partial charge in [0.15, 0.2) is 0 Å². The Morgan fingerprint density at radius 3 is 2.58 bits per heavy atom. The Hall–Kier alpha value is -2.57. The highest BCUT2D eigenvalue weighted by atomic mass is 16.2. The Bertz CT molecular complexity index is 589. The monoisotopic (exact) mass is 332 g/mol. The van der Waals surface area contributed by atoms with Gasteiger partial charge in [-0.05, 0) is 17.9 Å². The van der Waals surface area contributed by atoms with Crippen LogP contribution in [0.25, 0.3) is 0 Å². The quantitative estimate of drug-likeness (QED) is 0.720. The number of hydrogen-bond donors (Lipinski definition) is 3. The van der Waals surface area contributed by atoms with E-state index >= 15 is 0 Å². The van der Waals surface area contributed by atoms with Crippen LogP contribution in [-0.4, -0.2) is 42.0 Å². The molecule has 4 amide bonds. The van der Waals surface area contributed by atoms with Crippen LogP contribution in [0.15, 0.2) is 30.3 Å². The first kappa shape index (κ1) is 17.8. The van der Waals surface area contributed by atoms with Gasteiger partial charge >= 0.3 is 6.03 Å². The van der Waals surface area contributed by atoms with Gasteiger partial charge in [0, 0.05) is 13.1 Å². The van der Waals surface area contributed by atoms with Gasteiger partial charge < -0.3 is 10.6 Å². The van der Waals surface area contributed by atoms with Crippen molar-refractivity contribution in [3.63, 3.8) is 0 Å². The lowest BCUT2D eigenvalue weighted by Gasteiger charge is -2.30. The van der Waals surface area contributed by atoms with Gasteiger partial charge in [-0.3, -0.25) is 15.0 Å². The third-order valence-electron chi connectivity index (χ3n) is 3.80. The summed E-state index contributed by atoms with van der Waals surface area (Å²) in [7, 11) is 0. The summed E-state index contributed by atoms with van der Waals surface area (Å²) in [4.78, 5) is 36.3. The lowest BCUT2D eigenvalue weighted by Crippen LogP contribution is -2.59. The SMILES string of the molecule is CC(C)[C@H](NC(=O)Cc1ccccc1)C(=O)NN1CCCNC1=O. The number of benzene rings is 1. The van der Waals surface area contributed by atoms with E-state index in [1.165, 1.54) is 5.01 Å². The molecule has 0 bridgehead atoms. The fourth-order valence-electron chi connectivity index (χ4n) is 2.48. The van der Waals surface area contributed by atoms with Crippen molar-refractivity contribution in [3.05, 3.63) is 35.9 Å². The van der Waals surface area contributed by atoms with Crippen molar-refractivity contribution < 1.29 is 14.4 Å². The molecule has 7 nitrogen and oxygen atoms in total. The Balaban J connectivity index is 1.94. The van der Waals surface area contributed by atoms with Crippen LogP contribution in [0.4, 0.5) is 4.79 Å². The molecule has 24 heavy (non-hydrogen) atoms. The minimum atomic E-state index is -0.698. The largest absolute Gasteiger partial charge is 0.344 e. The highest BCUT2D eigenvalue weighted by molar-refractivity contribution is 5.89. The second kappa shape index (κ2) is 8.33. The normalized spacial score (nSPS) is 15.6. The first-order valence-electron chi connectivity index (χ1n) is 8.16. The van der Waals surface area contributed by atoms with E-state index in [1.54, 1.807) is 0 Å². The molecule has 0 spiro atoms. The molecule has 0 saturated carbocycles. The van der Waals surface area contributed by atoms with Crippen LogP contribution >= 0.6 is 0 Å². The number of nitrogens with one attached hydrogen (secondary N) is 3. The maximum absolute atomic E-state index is 12.4. The molecule has 1 aromatic rings. The molecule has 130 valence electrons. The van der Waals surface area contributed by atoms with Crippen molar-refractivity contribution in [3.8, 4) is 0 Å². The number of hydrazine groups is 1. The molecule has 1 aromatic carbocycles. The lowest BCUT2D eigenvalue weighted by molar-refractivity contribution is -0.132. The van der Waals surface area contributed by atoms with Crippen molar-refractivity contribution >= 4 is 17.8 Å². The molecule has 3 N–H and O–H groups in total. The van der Waals surface area contributed by atoms with E-state index in [9.17, 15) is 14.4 Å². The van der Waals surface area contributed by atoms with E-state index in [0.29, 0.717) is 13.1 Å². The maximum atomic E-state index is 12.4. The predicted molar refractivity (Wildman–Crippen MR) is 89.8 cm³/mol. The molecule has 1 aliphatic rings. The summed E-state index contributed by atoms with van der Waals surface area (Å²) >= 11 is 0. The van der Waals surface area contributed by atoms with Gasteiger partial charge in [-0.1, -0.05) is 44.2 Å². The molecule has 0 radical (unpaired) electrons. The minimum absolute atomic E-state index is 0.0995. The average molecular weight is 332 g/mol. The maximum Gasteiger partial charge on any atom is 0.336 e. The van der Waals surface area contributed by atoms with Gasteiger partial charge in [-0.15, -0.1) is 0 Å². The topological polar surface area (TPSA) is 90.5 Å². The van der Waals surface area contributed by atoms with Crippen molar-refractivity contribution in [1.82, 2.24) is 21.1 Å². The highest BCUT2D eigenvalue weighted by Crippen LogP contribution is 2.06. The van der Waals surface area contributed by atoms with Crippen LogP contribution in [0.3, 0.4) is 0 Å². The Morgan fingerprint density at radius 2 is 1.96 bits per heavy atom.